The average molecular weight is 290 g/mol. The first-order valence-corrected chi connectivity index (χ1v) is 7.61. The molecule has 1 aromatic rings. The summed E-state index contributed by atoms with van der Waals surface area (Å²) in [6.45, 7) is 4.54. The van der Waals surface area contributed by atoms with E-state index < -0.39 is 11.9 Å². The van der Waals surface area contributed by atoms with Crippen LogP contribution in [0.25, 0.3) is 0 Å². The lowest BCUT2D eigenvalue weighted by molar-refractivity contribution is -0.152. The molecule has 0 saturated heterocycles. The highest BCUT2D eigenvalue weighted by atomic mass is 16.5. The second-order valence-corrected chi connectivity index (χ2v) is 5.22. The van der Waals surface area contributed by atoms with E-state index in [1.807, 2.05) is 31.2 Å². The van der Waals surface area contributed by atoms with Gasteiger partial charge in [-0.15, -0.1) is 0 Å². The fourth-order valence-corrected chi connectivity index (χ4v) is 2.79. The van der Waals surface area contributed by atoms with Gasteiger partial charge in [-0.3, -0.25) is 9.59 Å². The molecule has 0 spiro atoms. The lowest BCUT2D eigenvalue weighted by Gasteiger charge is -2.27. The van der Waals surface area contributed by atoms with E-state index in [9.17, 15) is 9.59 Å². The molecular formula is C17H22O4. The molecule has 1 heterocycles. The number of ketones is 1. The normalized spacial score (nSPS) is 18.3. The summed E-state index contributed by atoms with van der Waals surface area (Å²) in [5, 5.41) is 0. The molecule has 0 bridgehead atoms. The molecule has 1 aliphatic heterocycles. The number of Topliss-reactive ketones (excluding diaryl/α,β-unsaturated/α-hetero) is 1. The Morgan fingerprint density at radius 1 is 1.33 bits per heavy atom. The van der Waals surface area contributed by atoms with E-state index in [0.717, 1.165) is 17.7 Å². The highest BCUT2D eigenvalue weighted by molar-refractivity contribution is 6.02. The molecule has 2 unspecified atom stereocenters. The van der Waals surface area contributed by atoms with E-state index >= 15 is 0 Å². The number of fused-ring (bicyclic) bond motifs is 1. The average Bonchev–Trinajstić information content (AvgIpc) is 2.51. The van der Waals surface area contributed by atoms with Crippen molar-refractivity contribution in [3.63, 3.8) is 0 Å². The molecule has 2 atom stereocenters. The highest BCUT2D eigenvalue weighted by Crippen LogP contribution is 2.36. The first kappa shape index (κ1) is 15.5. The minimum absolute atomic E-state index is 0.0361. The molecule has 4 nitrogen and oxygen atoms in total. The number of esters is 1. The van der Waals surface area contributed by atoms with Crippen LogP contribution in [-0.4, -0.2) is 25.0 Å². The zero-order chi connectivity index (χ0) is 15.2. The number of carbonyl (C=O) groups is 2. The van der Waals surface area contributed by atoms with Gasteiger partial charge >= 0.3 is 5.97 Å². The van der Waals surface area contributed by atoms with Crippen molar-refractivity contribution in [2.24, 2.45) is 5.92 Å². The van der Waals surface area contributed by atoms with Crippen molar-refractivity contribution in [1.82, 2.24) is 0 Å². The minimum Gasteiger partial charge on any atom is -0.493 e. The standard InChI is InChI=1S/C17H22O4/c1-3-7-14(17(19)20-4-2)16(18)13-10-11-21-15-9-6-5-8-12(13)15/h5-6,8-9,13-14H,3-4,7,10-11H2,1-2H3. The molecule has 0 amide bonds. The second-order valence-electron chi connectivity index (χ2n) is 5.22. The lowest BCUT2D eigenvalue weighted by Crippen LogP contribution is -2.32. The zero-order valence-corrected chi connectivity index (χ0v) is 12.6. The first-order valence-electron chi connectivity index (χ1n) is 7.61. The highest BCUT2D eigenvalue weighted by Gasteiger charge is 2.36. The van der Waals surface area contributed by atoms with E-state index in [1.165, 1.54) is 0 Å². The molecular weight excluding hydrogens is 268 g/mol. The summed E-state index contributed by atoms with van der Waals surface area (Å²) >= 11 is 0. The number of para-hydroxylation sites is 1. The molecule has 1 aromatic carbocycles. The largest absolute Gasteiger partial charge is 0.493 e. The van der Waals surface area contributed by atoms with Crippen LogP contribution in [0.1, 0.15) is 44.6 Å². The van der Waals surface area contributed by atoms with Gasteiger partial charge in [-0.1, -0.05) is 31.5 Å². The number of hydrogen-bond acceptors (Lipinski definition) is 4. The monoisotopic (exact) mass is 290 g/mol. The molecule has 0 aromatic heterocycles. The van der Waals surface area contributed by atoms with Crippen molar-refractivity contribution in [3.05, 3.63) is 29.8 Å². The van der Waals surface area contributed by atoms with Crippen LogP contribution < -0.4 is 4.74 Å². The third kappa shape index (κ3) is 3.43. The van der Waals surface area contributed by atoms with Crippen molar-refractivity contribution in [2.75, 3.05) is 13.2 Å². The van der Waals surface area contributed by atoms with Gasteiger partial charge < -0.3 is 9.47 Å². The Labute approximate surface area is 125 Å². The Morgan fingerprint density at radius 2 is 2.10 bits per heavy atom. The van der Waals surface area contributed by atoms with E-state index in [-0.39, 0.29) is 11.7 Å². The molecule has 0 fully saturated rings. The third-order valence-electron chi connectivity index (χ3n) is 3.79. The smallest absolute Gasteiger partial charge is 0.316 e. The summed E-state index contributed by atoms with van der Waals surface area (Å²) < 4.78 is 10.6. The van der Waals surface area contributed by atoms with Gasteiger partial charge in [-0.25, -0.2) is 0 Å². The Bertz CT molecular complexity index is 509. The van der Waals surface area contributed by atoms with E-state index in [1.54, 1.807) is 6.92 Å². The maximum absolute atomic E-state index is 12.8. The molecule has 114 valence electrons. The zero-order valence-electron chi connectivity index (χ0n) is 12.6. The number of benzene rings is 1. The van der Waals surface area contributed by atoms with Crippen LogP contribution in [0.5, 0.6) is 5.75 Å². The maximum Gasteiger partial charge on any atom is 0.316 e. The van der Waals surface area contributed by atoms with Crippen LogP contribution in [-0.2, 0) is 14.3 Å². The van der Waals surface area contributed by atoms with E-state index in [2.05, 4.69) is 0 Å². The van der Waals surface area contributed by atoms with Gasteiger partial charge in [-0.2, -0.15) is 0 Å². The number of rotatable bonds is 6. The van der Waals surface area contributed by atoms with Crippen molar-refractivity contribution in [1.29, 1.82) is 0 Å². The topological polar surface area (TPSA) is 52.6 Å². The summed E-state index contributed by atoms with van der Waals surface area (Å²) in [6.07, 6.45) is 1.94. The molecule has 2 rings (SSSR count). The summed E-state index contributed by atoms with van der Waals surface area (Å²) in [6, 6.07) is 7.56. The van der Waals surface area contributed by atoms with Crippen LogP contribution in [0.3, 0.4) is 0 Å². The van der Waals surface area contributed by atoms with Crippen LogP contribution >= 0.6 is 0 Å². The fourth-order valence-electron chi connectivity index (χ4n) is 2.79. The Morgan fingerprint density at radius 3 is 2.81 bits per heavy atom. The van der Waals surface area contributed by atoms with Crippen LogP contribution in [0, 0.1) is 5.92 Å². The van der Waals surface area contributed by atoms with Crippen molar-refractivity contribution >= 4 is 11.8 Å². The van der Waals surface area contributed by atoms with Gasteiger partial charge in [0.2, 0.25) is 0 Å². The third-order valence-corrected chi connectivity index (χ3v) is 3.79. The first-order chi connectivity index (χ1) is 10.2. The maximum atomic E-state index is 12.8. The van der Waals surface area contributed by atoms with Crippen molar-refractivity contribution in [3.8, 4) is 5.75 Å². The molecule has 0 radical (unpaired) electrons. The summed E-state index contributed by atoms with van der Waals surface area (Å²) in [7, 11) is 0. The Balaban J connectivity index is 2.23. The van der Waals surface area contributed by atoms with E-state index in [4.69, 9.17) is 9.47 Å². The van der Waals surface area contributed by atoms with Crippen LogP contribution in [0.2, 0.25) is 0 Å². The van der Waals surface area contributed by atoms with Gasteiger partial charge in [0.05, 0.1) is 19.1 Å². The predicted octanol–water partition coefficient (Wildman–Crippen LogP) is 3.10. The molecule has 0 saturated carbocycles. The lowest BCUT2D eigenvalue weighted by atomic mass is 9.82. The SMILES string of the molecule is CCCC(C(=O)OCC)C(=O)C1CCOc2ccccc21. The van der Waals surface area contributed by atoms with Gasteiger partial charge in [0.15, 0.2) is 5.78 Å². The molecule has 21 heavy (non-hydrogen) atoms. The number of ether oxygens (including phenoxy) is 2. The number of hydrogen-bond donors (Lipinski definition) is 0. The summed E-state index contributed by atoms with van der Waals surface area (Å²) in [4.78, 5) is 24.9. The van der Waals surface area contributed by atoms with Crippen molar-refractivity contribution in [2.45, 2.75) is 39.0 Å². The second kappa shape index (κ2) is 7.25. The fraction of sp³-hybridized carbons (Fsp3) is 0.529. The van der Waals surface area contributed by atoms with Crippen LogP contribution in [0.15, 0.2) is 24.3 Å². The molecule has 0 N–H and O–H groups in total. The Hall–Kier alpha value is -1.84. The molecule has 0 aliphatic carbocycles. The molecule has 1 aliphatic rings. The Kier molecular flexibility index (Phi) is 5.37. The minimum atomic E-state index is -0.661. The van der Waals surface area contributed by atoms with Gasteiger partial charge in [0.25, 0.3) is 0 Å². The van der Waals surface area contributed by atoms with Crippen LogP contribution in [0.4, 0.5) is 0 Å². The molecule has 4 heteroatoms. The van der Waals surface area contributed by atoms with Gasteiger partial charge in [-0.05, 0) is 25.8 Å². The van der Waals surface area contributed by atoms with Gasteiger partial charge in [0.1, 0.15) is 11.7 Å². The summed E-state index contributed by atoms with van der Waals surface area (Å²) in [5.41, 5.74) is 0.888. The van der Waals surface area contributed by atoms with Gasteiger partial charge in [0, 0.05) is 5.56 Å². The predicted molar refractivity (Wildman–Crippen MR) is 79.3 cm³/mol. The quantitative estimate of drug-likeness (QED) is 0.596. The van der Waals surface area contributed by atoms with E-state index in [0.29, 0.717) is 26.1 Å². The van der Waals surface area contributed by atoms with Crippen molar-refractivity contribution < 1.29 is 19.1 Å². The number of carbonyl (C=O) groups excluding carboxylic acids is 2. The summed E-state index contributed by atoms with van der Waals surface area (Å²) in [5.74, 6) is -0.609.